The van der Waals surface area contributed by atoms with Gasteiger partial charge < -0.3 is 0 Å². The van der Waals surface area contributed by atoms with E-state index in [1.165, 1.54) is 18.2 Å². The predicted octanol–water partition coefficient (Wildman–Crippen LogP) is 3.40. The minimum atomic E-state index is -4.13. The summed E-state index contributed by atoms with van der Waals surface area (Å²) in [6.07, 6.45) is 0. The van der Waals surface area contributed by atoms with Gasteiger partial charge in [-0.25, -0.2) is 17.2 Å². The average Bonchev–Trinajstić information content (AvgIpc) is 2.43. The first-order valence-corrected chi connectivity index (χ1v) is 7.78. The second-order valence-electron chi connectivity index (χ2n) is 3.99. The normalized spacial score (nSPS) is 11.0. The van der Waals surface area contributed by atoms with E-state index in [1.54, 1.807) is 6.07 Å². The molecule has 0 radical (unpaired) electrons. The highest BCUT2D eigenvalue weighted by Gasteiger charge is 2.18. The van der Waals surface area contributed by atoms with E-state index in [-0.39, 0.29) is 20.6 Å². The molecule has 2 rings (SSSR count). The molecular formula is C13H7BrF2N2O2S. The zero-order valence-electron chi connectivity index (χ0n) is 10.3. The Morgan fingerprint density at radius 3 is 2.38 bits per heavy atom. The summed E-state index contributed by atoms with van der Waals surface area (Å²) >= 11 is 2.91. The van der Waals surface area contributed by atoms with Gasteiger partial charge in [-0.2, -0.15) is 5.26 Å². The van der Waals surface area contributed by atoms with Crippen LogP contribution in [0, 0.1) is 23.0 Å². The van der Waals surface area contributed by atoms with Crippen molar-refractivity contribution in [3.8, 4) is 6.07 Å². The van der Waals surface area contributed by atoms with E-state index in [1.807, 2.05) is 4.72 Å². The Labute approximate surface area is 128 Å². The third-order valence-electron chi connectivity index (χ3n) is 2.54. The van der Waals surface area contributed by atoms with Crippen LogP contribution >= 0.6 is 15.9 Å². The number of halogens is 3. The Morgan fingerprint density at radius 2 is 1.81 bits per heavy atom. The van der Waals surface area contributed by atoms with Crippen molar-refractivity contribution in [2.24, 2.45) is 0 Å². The number of hydrogen-bond acceptors (Lipinski definition) is 3. The summed E-state index contributed by atoms with van der Waals surface area (Å²) in [5.74, 6) is -1.65. The van der Waals surface area contributed by atoms with Gasteiger partial charge in [0.25, 0.3) is 10.0 Å². The summed E-state index contributed by atoms with van der Waals surface area (Å²) in [5.41, 5.74) is -0.262. The maximum Gasteiger partial charge on any atom is 0.262 e. The van der Waals surface area contributed by atoms with Crippen molar-refractivity contribution in [1.29, 1.82) is 5.26 Å². The molecule has 8 heteroatoms. The Bertz CT molecular complexity index is 848. The largest absolute Gasteiger partial charge is 0.277 e. The lowest BCUT2D eigenvalue weighted by Crippen LogP contribution is -2.14. The van der Waals surface area contributed by atoms with Gasteiger partial charge in [0.05, 0.1) is 26.7 Å². The molecule has 0 aliphatic carbocycles. The lowest BCUT2D eigenvalue weighted by atomic mass is 10.2. The van der Waals surface area contributed by atoms with Crippen LogP contribution in [0.5, 0.6) is 0 Å². The van der Waals surface area contributed by atoms with Crippen LogP contribution in [0.1, 0.15) is 5.56 Å². The molecule has 0 saturated carbocycles. The minimum absolute atomic E-state index is 0.0603. The third kappa shape index (κ3) is 3.37. The highest BCUT2D eigenvalue weighted by molar-refractivity contribution is 9.10. The molecule has 0 amide bonds. The summed E-state index contributed by atoms with van der Waals surface area (Å²) in [5, 5.41) is 8.62. The maximum atomic E-state index is 13.7. The van der Waals surface area contributed by atoms with Gasteiger partial charge >= 0.3 is 0 Å². The van der Waals surface area contributed by atoms with E-state index < -0.39 is 21.7 Å². The monoisotopic (exact) mass is 372 g/mol. The van der Waals surface area contributed by atoms with E-state index in [4.69, 9.17) is 5.26 Å². The third-order valence-corrected chi connectivity index (χ3v) is 4.55. The van der Waals surface area contributed by atoms with Crippen LogP contribution in [-0.2, 0) is 10.0 Å². The molecule has 1 N–H and O–H groups in total. The number of hydrogen-bond donors (Lipinski definition) is 1. The van der Waals surface area contributed by atoms with E-state index in [0.717, 1.165) is 18.2 Å². The highest BCUT2D eigenvalue weighted by Crippen LogP contribution is 2.23. The van der Waals surface area contributed by atoms with Crippen molar-refractivity contribution in [2.75, 3.05) is 4.72 Å². The van der Waals surface area contributed by atoms with Gasteiger partial charge in [-0.15, -0.1) is 0 Å². The van der Waals surface area contributed by atoms with Crippen LogP contribution in [0.25, 0.3) is 0 Å². The molecule has 4 nitrogen and oxygen atoms in total. The molecule has 2 aromatic rings. The zero-order chi connectivity index (χ0) is 15.6. The smallest absolute Gasteiger partial charge is 0.262 e. The first-order chi connectivity index (χ1) is 9.83. The standard InChI is InChI=1S/C13H7BrF2N2O2S/c14-10-3-2-9(6-11(10)15)21(19,20)18-13-4-1-8(7-17)5-12(13)16/h1-6,18H. The second kappa shape index (κ2) is 5.79. The average molecular weight is 373 g/mol. The van der Waals surface area contributed by atoms with Crippen molar-refractivity contribution in [3.63, 3.8) is 0 Å². The van der Waals surface area contributed by atoms with Crippen molar-refractivity contribution >= 4 is 31.6 Å². The fourth-order valence-corrected chi connectivity index (χ4v) is 2.84. The van der Waals surface area contributed by atoms with E-state index in [0.29, 0.717) is 0 Å². The lowest BCUT2D eigenvalue weighted by Gasteiger charge is -2.09. The summed E-state index contributed by atoms with van der Waals surface area (Å²) in [6, 6.07) is 8.25. The summed E-state index contributed by atoms with van der Waals surface area (Å²) in [4.78, 5) is -0.341. The Balaban J connectivity index is 2.37. The number of nitriles is 1. The topological polar surface area (TPSA) is 70.0 Å². The van der Waals surface area contributed by atoms with E-state index in [9.17, 15) is 17.2 Å². The molecule has 0 aliphatic heterocycles. The van der Waals surface area contributed by atoms with Gasteiger partial charge in [-0.3, -0.25) is 4.72 Å². The number of benzene rings is 2. The number of nitrogens with zero attached hydrogens (tertiary/aromatic N) is 1. The van der Waals surface area contributed by atoms with Gasteiger partial charge in [-0.1, -0.05) is 0 Å². The summed E-state index contributed by atoms with van der Waals surface area (Å²) in [6.45, 7) is 0. The van der Waals surface area contributed by atoms with Crippen molar-refractivity contribution in [3.05, 3.63) is 58.1 Å². The van der Waals surface area contributed by atoms with E-state index in [2.05, 4.69) is 15.9 Å². The number of anilines is 1. The molecular weight excluding hydrogens is 366 g/mol. The fourth-order valence-electron chi connectivity index (χ4n) is 1.52. The molecule has 0 spiro atoms. The zero-order valence-corrected chi connectivity index (χ0v) is 12.7. The number of rotatable bonds is 3. The molecule has 0 aromatic heterocycles. The number of nitrogens with one attached hydrogen (secondary N) is 1. The predicted molar refractivity (Wildman–Crippen MR) is 76.0 cm³/mol. The molecule has 2 aromatic carbocycles. The molecule has 108 valence electrons. The summed E-state index contributed by atoms with van der Waals surface area (Å²) in [7, 11) is -4.13. The van der Waals surface area contributed by atoms with Gasteiger partial charge in [0.1, 0.15) is 11.6 Å². The molecule has 0 atom stereocenters. The highest BCUT2D eigenvalue weighted by atomic mass is 79.9. The van der Waals surface area contributed by atoms with Crippen LogP contribution in [0.3, 0.4) is 0 Å². The quantitative estimate of drug-likeness (QED) is 0.897. The van der Waals surface area contributed by atoms with Gasteiger partial charge in [0.2, 0.25) is 0 Å². The molecule has 0 fully saturated rings. The number of sulfonamides is 1. The minimum Gasteiger partial charge on any atom is -0.277 e. The van der Waals surface area contributed by atoms with Crippen LogP contribution < -0.4 is 4.72 Å². The van der Waals surface area contributed by atoms with Crippen molar-refractivity contribution in [1.82, 2.24) is 0 Å². The van der Waals surface area contributed by atoms with E-state index >= 15 is 0 Å². The molecule has 0 aliphatic rings. The molecule has 0 bridgehead atoms. The molecule has 21 heavy (non-hydrogen) atoms. The fraction of sp³-hybridized carbons (Fsp3) is 0. The Kier molecular flexibility index (Phi) is 4.25. The lowest BCUT2D eigenvalue weighted by molar-refractivity contribution is 0.592. The van der Waals surface area contributed by atoms with Crippen LogP contribution in [0.4, 0.5) is 14.5 Å². The molecule has 0 saturated heterocycles. The van der Waals surface area contributed by atoms with Crippen molar-refractivity contribution in [2.45, 2.75) is 4.90 Å². The van der Waals surface area contributed by atoms with Crippen molar-refractivity contribution < 1.29 is 17.2 Å². The SMILES string of the molecule is N#Cc1ccc(NS(=O)(=O)c2ccc(Br)c(F)c2)c(F)c1. The Morgan fingerprint density at radius 1 is 1.10 bits per heavy atom. The van der Waals surface area contributed by atoms with Crippen LogP contribution in [-0.4, -0.2) is 8.42 Å². The first-order valence-electron chi connectivity index (χ1n) is 5.51. The molecule has 0 unspecified atom stereocenters. The van der Waals surface area contributed by atoms with Gasteiger partial charge in [-0.05, 0) is 52.3 Å². The van der Waals surface area contributed by atoms with Crippen LogP contribution in [0.15, 0.2) is 45.8 Å². The maximum absolute atomic E-state index is 13.7. The van der Waals surface area contributed by atoms with Gasteiger partial charge in [0.15, 0.2) is 0 Å². The molecule has 0 heterocycles. The summed E-state index contributed by atoms with van der Waals surface area (Å²) < 4.78 is 53.3. The van der Waals surface area contributed by atoms with Crippen LogP contribution in [0.2, 0.25) is 0 Å². The van der Waals surface area contributed by atoms with Gasteiger partial charge in [0, 0.05) is 0 Å². The Hall–Kier alpha value is -1.98. The first kappa shape index (κ1) is 15.4. The second-order valence-corrected chi connectivity index (χ2v) is 6.52.